The highest BCUT2D eigenvalue weighted by atomic mass is 79.9. The molecule has 2 aliphatic rings. The average molecular weight is 515 g/mol. The molecule has 2 aromatic rings. The summed E-state index contributed by atoms with van der Waals surface area (Å²) < 4.78 is 11.3. The lowest BCUT2D eigenvalue weighted by Crippen LogP contribution is -2.50. The fourth-order valence-electron chi connectivity index (χ4n) is 3.38. The predicted octanol–water partition coefficient (Wildman–Crippen LogP) is 2.45. The van der Waals surface area contributed by atoms with Crippen molar-refractivity contribution in [3.05, 3.63) is 69.7 Å². The van der Waals surface area contributed by atoms with Crippen LogP contribution in [0.1, 0.15) is 18.7 Å². The van der Waals surface area contributed by atoms with Crippen molar-refractivity contribution in [2.75, 3.05) is 12.9 Å². The molecule has 1 atom stereocenters. The van der Waals surface area contributed by atoms with Crippen molar-refractivity contribution in [3.63, 3.8) is 0 Å². The summed E-state index contributed by atoms with van der Waals surface area (Å²) in [6.07, 6.45) is 1.08. The Hall–Kier alpha value is -3.11. The minimum atomic E-state index is -0.653. The molecule has 164 valence electrons. The first-order valence-electron chi connectivity index (χ1n) is 9.59. The van der Waals surface area contributed by atoms with E-state index in [1.54, 1.807) is 23.2 Å². The van der Waals surface area contributed by atoms with Gasteiger partial charge in [0.1, 0.15) is 5.70 Å². The number of benzene rings is 2. The average Bonchev–Trinajstić information content (AvgIpc) is 2.77. The van der Waals surface area contributed by atoms with Gasteiger partial charge < -0.3 is 9.47 Å². The minimum Gasteiger partial charge on any atom is -0.493 e. The van der Waals surface area contributed by atoms with E-state index in [0.29, 0.717) is 43.0 Å². The van der Waals surface area contributed by atoms with Crippen molar-refractivity contribution < 1.29 is 19.1 Å². The van der Waals surface area contributed by atoms with Gasteiger partial charge in [-0.15, -0.1) is 11.7 Å². The molecule has 4 rings (SSSR count). The molecule has 0 radical (unpaired) electrons. The molecule has 0 fully saturated rings. The van der Waals surface area contributed by atoms with Crippen LogP contribution >= 0.6 is 27.7 Å². The van der Waals surface area contributed by atoms with Crippen molar-refractivity contribution in [1.29, 1.82) is 0 Å². The Balaban J connectivity index is 1.91. The topological polar surface area (TPSA) is 92.6 Å². The quantitative estimate of drug-likeness (QED) is 0.374. The molecule has 1 unspecified atom stereocenters. The Morgan fingerprint density at radius 1 is 1.34 bits per heavy atom. The van der Waals surface area contributed by atoms with E-state index in [-0.39, 0.29) is 11.7 Å². The normalized spacial score (nSPS) is 16.8. The summed E-state index contributed by atoms with van der Waals surface area (Å²) in [5.74, 6) is 0.503. The van der Waals surface area contributed by atoms with Crippen molar-refractivity contribution in [2.45, 2.75) is 13.1 Å². The molecule has 0 saturated carbocycles. The number of nitrogens with zero attached hydrogens (tertiary/aromatic N) is 3. The highest BCUT2D eigenvalue weighted by molar-refractivity contribution is 9.10. The summed E-state index contributed by atoms with van der Waals surface area (Å²) in [6.45, 7) is 5.03. The van der Waals surface area contributed by atoms with Gasteiger partial charge in [-0.05, 0) is 18.2 Å². The first kappa shape index (κ1) is 22.1. The van der Waals surface area contributed by atoms with E-state index in [4.69, 9.17) is 14.5 Å². The largest absolute Gasteiger partial charge is 0.493 e. The number of methoxy groups -OCH3 is 1. The van der Waals surface area contributed by atoms with E-state index < -0.39 is 12.1 Å². The summed E-state index contributed by atoms with van der Waals surface area (Å²) in [5.41, 5.74) is 1.09. The molecule has 2 heterocycles. The number of esters is 1. The number of amides is 1. The number of carbonyl (C=O) groups excluding carboxylic acids is 2. The molecular formula is C22H19BrN4O4S. The van der Waals surface area contributed by atoms with Gasteiger partial charge in [-0.1, -0.05) is 52.0 Å². The molecular weight excluding hydrogens is 496 g/mol. The summed E-state index contributed by atoms with van der Waals surface area (Å²) in [7, 11) is 1.49. The van der Waals surface area contributed by atoms with Crippen molar-refractivity contribution >= 4 is 50.4 Å². The third-order valence-corrected chi connectivity index (χ3v) is 6.21. The maximum atomic E-state index is 13.1. The SMILES string of the molecule is C=CCSC1=NN2C(=c3ccccc3=NC2c2cc(OC)c(OC(C)=O)cc2Br)C(=O)N1. The van der Waals surface area contributed by atoms with Crippen LogP contribution in [0.4, 0.5) is 0 Å². The Kier molecular flexibility index (Phi) is 6.33. The summed E-state index contributed by atoms with van der Waals surface area (Å²) >= 11 is 4.92. The summed E-state index contributed by atoms with van der Waals surface area (Å²) in [4.78, 5) is 29.4. The van der Waals surface area contributed by atoms with Gasteiger partial charge in [0.15, 0.2) is 22.8 Å². The standard InChI is InChI=1S/C22H19BrN4O4S/c1-4-9-32-22-25-21(29)19-13-7-5-6-8-16(13)24-20(27(19)26-22)14-10-17(30-3)18(11-15(14)23)31-12(2)28/h4-8,10-11,20H,1,9H2,2-3H3,(H,25,26,29). The molecule has 0 bridgehead atoms. The number of amidine groups is 1. The van der Waals surface area contributed by atoms with Crippen molar-refractivity contribution in [1.82, 2.24) is 10.3 Å². The predicted molar refractivity (Wildman–Crippen MR) is 125 cm³/mol. The highest BCUT2D eigenvalue weighted by Gasteiger charge is 2.35. The van der Waals surface area contributed by atoms with E-state index >= 15 is 0 Å². The van der Waals surface area contributed by atoms with E-state index in [2.05, 4.69) is 32.9 Å². The number of hydrogen-bond donors (Lipinski definition) is 1. The zero-order valence-electron chi connectivity index (χ0n) is 17.3. The third kappa shape index (κ3) is 4.15. The number of halogens is 1. The molecule has 0 aliphatic carbocycles. The maximum absolute atomic E-state index is 13.1. The molecule has 8 nitrogen and oxygen atoms in total. The van der Waals surface area contributed by atoms with E-state index in [0.717, 1.165) is 0 Å². The molecule has 2 aliphatic heterocycles. The number of rotatable bonds is 5. The van der Waals surface area contributed by atoms with Gasteiger partial charge in [0.25, 0.3) is 5.91 Å². The van der Waals surface area contributed by atoms with E-state index in [9.17, 15) is 9.59 Å². The number of hydrazone groups is 1. The smallest absolute Gasteiger partial charge is 0.308 e. The Bertz CT molecular complexity index is 1280. The monoisotopic (exact) mass is 514 g/mol. The fraction of sp³-hybridized carbons (Fsp3) is 0.182. The van der Waals surface area contributed by atoms with Crippen LogP contribution < -0.4 is 25.4 Å². The zero-order valence-corrected chi connectivity index (χ0v) is 19.7. The van der Waals surface area contributed by atoms with Gasteiger partial charge in [0, 0.05) is 27.9 Å². The Morgan fingerprint density at radius 3 is 2.84 bits per heavy atom. The van der Waals surface area contributed by atoms with Gasteiger partial charge >= 0.3 is 5.97 Å². The van der Waals surface area contributed by atoms with Crippen LogP contribution in [0.5, 0.6) is 11.5 Å². The Morgan fingerprint density at radius 2 is 2.12 bits per heavy atom. The van der Waals surface area contributed by atoms with Crippen molar-refractivity contribution in [2.24, 2.45) is 10.1 Å². The van der Waals surface area contributed by atoms with Crippen LogP contribution in [-0.4, -0.2) is 34.9 Å². The lowest BCUT2D eigenvalue weighted by atomic mass is 10.1. The number of ether oxygens (including phenoxy) is 2. The first-order chi connectivity index (χ1) is 15.4. The number of hydrogen-bond acceptors (Lipinski definition) is 8. The number of para-hydroxylation sites is 1. The molecule has 1 N–H and O–H groups in total. The van der Waals surface area contributed by atoms with Crippen LogP contribution in [0.25, 0.3) is 5.70 Å². The molecule has 0 spiro atoms. The second-order valence-electron chi connectivity index (χ2n) is 6.79. The molecule has 32 heavy (non-hydrogen) atoms. The lowest BCUT2D eigenvalue weighted by Gasteiger charge is -2.34. The number of carbonyl (C=O) groups is 2. The van der Waals surface area contributed by atoms with Gasteiger partial charge in [-0.3, -0.25) is 19.9 Å². The fourth-order valence-corrected chi connectivity index (χ4v) is 4.49. The highest BCUT2D eigenvalue weighted by Crippen LogP contribution is 2.40. The van der Waals surface area contributed by atoms with Crippen molar-refractivity contribution in [3.8, 4) is 11.5 Å². The van der Waals surface area contributed by atoms with Gasteiger partial charge in [0.2, 0.25) is 0 Å². The minimum absolute atomic E-state index is 0.265. The maximum Gasteiger partial charge on any atom is 0.308 e. The van der Waals surface area contributed by atoms with Crippen LogP contribution in [0.2, 0.25) is 0 Å². The zero-order chi connectivity index (χ0) is 22.8. The molecule has 1 amide bonds. The van der Waals surface area contributed by atoms with Gasteiger partial charge in [-0.2, -0.15) is 0 Å². The van der Waals surface area contributed by atoms with Crippen LogP contribution in [0.15, 0.2) is 63.6 Å². The number of thioether (sulfide) groups is 1. The molecule has 0 aromatic heterocycles. The summed E-state index contributed by atoms with van der Waals surface area (Å²) in [5, 5.41) is 10.9. The van der Waals surface area contributed by atoms with Crippen LogP contribution in [0.3, 0.4) is 0 Å². The second-order valence-corrected chi connectivity index (χ2v) is 8.65. The number of nitrogens with one attached hydrogen (secondary N) is 1. The molecule has 2 aromatic carbocycles. The third-order valence-electron chi connectivity index (χ3n) is 4.67. The lowest BCUT2D eigenvalue weighted by molar-refractivity contribution is -0.132. The molecule has 0 saturated heterocycles. The number of fused-ring (bicyclic) bond motifs is 2. The summed E-state index contributed by atoms with van der Waals surface area (Å²) in [6, 6.07) is 10.8. The van der Waals surface area contributed by atoms with Crippen LogP contribution in [0, 0.1) is 0 Å². The van der Waals surface area contributed by atoms with Gasteiger partial charge in [-0.25, -0.2) is 5.01 Å². The van der Waals surface area contributed by atoms with Crippen LogP contribution in [-0.2, 0) is 9.59 Å². The second kappa shape index (κ2) is 9.17. The molecule has 10 heteroatoms. The van der Waals surface area contributed by atoms with E-state index in [1.165, 1.54) is 25.8 Å². The Labute approximate surface area is 196 Å². The first-order valence-corrected chi connectivity index (χ1v) is 11.4. The van der Waals surface area contributed by atoms with Gasteiger partial charge in [0.05, 0.1) is 12.5 Å². The van der Waals surface area contributed by atoms with E-state index in [1.807, 2.05) is 24.3 Å².